The molecule has 0 spiro atoms. The van der Waals surface area contributed by atoms with Gasteiger partial charge in [-0.3, -0.25) is 4.84 Å². The number of amides is 1. The van der Waals surface area contributed by atoms with Gasteiger partial charge in [-0.15, -0.1) is 0 Å². The van der Waals surface area contributed by atoms with Crippen LogP contribution in [0.4, 0.5) is 4.79 Å². The fraction of sp³-hybridized carbons (Fsp3) is 0.214. The number of hydrogen-bond acceptors (Lipinski definition) is 4. The number of nitrogens with one attached hydrogen (secondary N) is 1. The van der Waals surface area contributed by atoms with E-state index < -0.39 is 6.09 Å². The standard InChI is InChI=1S/C14H16N4O2/c1-15-14(19)20-17-12(11-6-4-3-5-7-11)10-13-16-8-9-18(13)2/h3-9H,10H2,1-2H3,(H,15,19)/b17-12-. The van der Waals surface area contributed by atoms with Crippen LogP contribution in [0.3, 0.4) is 0 Å². The largest absolute Gasteiger partial charge is 0.433 e. The number of aryl methyl sites for hydroxylation is 1. The normalized spacial score (nSPS) is 11.2. The summed E-state index contributed by atoms with van der Waals surface area (Å²) in [4.78, 5) is 20.2. The van der Waals surface area contributed by atoms with Gasteiger partial charge in [0, 0.05) is 26.5 Å². The van der Waals surface area contributed by atoms with Gasteiger partial charge in [-0.2, -0.15) is 0 Å². The number of rotatable bonds is 4. The van der Waals surface area contributed by atoms with Gasteiger partial charge in [0.25, 0.3) is 0 Å². The minimum Gasteiger partial charge on any atom is -0.338 e. The molecule has 0 bridgehead atoms. The van der Waals surface area contributed by atoms with Crippen LogP contribution >= 0.6 is 0 Å². The van der Waals surface area contributed by atoms with Crippen LogP contribution in [0.15, 0.2) is 47.9 Å². The van der Waals surface area contributed by atoms with Gasteiger partial charge in [-0.1, -0.05) is 35.5 Å². The number of aromatic nitrogens is 2. The smallest absolute Gasteiger partial charge is 0.338 e. The summed E-state index contributed by atoms with van der Waals surface area (Å²) in [6.07, 6.45) is 3.46. The van der Waals surface area contributed by atoms with E-state index in [0.29, 0.717) is 12.1 Å². The first-order valence-electron chi connectivity index (χ1n) is 6.18. The average molecular weight is 272 g/mol. The molecule has 2 aromatic rings. The maximum Gasteiger partial charge on any atom is 0.433 e. The van der Waals surface area contributed by atoms with Crippen LogP contribution in [-0.2, 0) is 18.3 Å². The molecule has 1 N–H and O–H groups in total. The van der Waals surface area contributed by atoms with Crippen molar-refractivity contribution < 1.29 is 9.63 Å². The number of benzene rings is 1. The summed E-state index contributed by atoms with van der Waals surface area (Å²) < 4.78 is 1.90. The molecule has 2 rings (SSSR count). The molecule has 0 saturated heterocycles. The van der Waals surface area contributed by atoms with Crippen molar-refractivity contribution in [2.45, 2.75) is 6.42 Å². The fourth-order valence-electron chi connectivity index (χ4n) is 1.68. The molecule has 6 heteroatoms. The van der Waals surface area contributed by atoms with Gasteiger partial charge in [-0.05, 0) is 5.56 Å². The van der Waals surface area contributed by atoms with Crippen molar-refractivity contribution in [2.75, 3.05) is 7.05 Å². The van der Waals surface area contributed by atoms with Crippen molar-refractivity contribution in [3.8, 4) is 0 Å². The Hall–Kier alpha value is -2.63. The van der Waals surface area contributed by atoms with Gasteiger partial charge in [0.15, 0.2) is 0 Å². The molecule has 6 nitrogen and oxygen atoms in total. The Morgan fingerprint density at radius 1 is 1.40 bits per heavy atom. The van der Waals surface area contributed by atoms with Gasteiger partial charge >= 0.3 is 6.09 Å². The van der Waals surface area contributed by atoms with Crippen molar-refractivity contribution >= 4 is 11.8 Å². The van der Waals surface area contributed by atoms with Crippen LogP contribution in [0.2, 0.25) is 0 Å². The Morgan fingerprint density at radius 2 is 2.15 bits per heavy atom. The maximum absolute atomic E-state index is 11.2. The predicted molar refractivity (Wildman–Crippen MR) is 75.4 cm³/mol. The second-order valence-electron chi connectivity index (χ2n) is 4.16. The summed E-state index contributed by atoms with van der Waals surface area (Å²) in [5.41, 5.74) is 1.53. The highest BCUT2D eigenvalue weighted by molar-refractivity contribution is 6.01. The third-order valence-electron chi connectivity index (χ3n) is 2.80. The number of oxime groups is 1. The highest BCUT2D eigenvalue weighted by Crippen LogP contribution is 2.07. The molecule has 0 aliphatic carbocycles. The number of nitrogens with zero attached hydrogens (tertiary/aromatic N) is 3. The lowest BCUT2D eigenvalue weighted by molar-refractivity contribution is 0.153. The molecule has 1 aromatic carbocycles. The Bertz CT molecular complexity index is 605. The Kier molecular flexibility index (Phi) is 4.49. The summed E-state index contributed by atoms with van der Waals surface area (Å²) in [5, 5.41) is 6.28. The predicted octanol–water partition coefficient (Wildman–Crippen LogP) is 1.72. The molecular formula is C14H16N4O2. The van der Waals surface area contributed by atoms with Crippen LogP contribution in [0.25, 0.3) is 0 Å². The summed E-state index contributed by atoms with van der Waals surface area (Å²) in [6, 6.07) is 9.55. The number of carbonyl (C=O) groups excluding carboxylic acids is 1. The molecule has 0 radical (unpaired) electrons. The van der Waals surface area contributed by atoms with Crippen LogP contribution in [-0.4, -0.2) is 28.4 Å². The summed E-state index contributed by atoms with van der Waals surface area (Å²) in [7, 11) is 3.39. The first-order chi connectivity index (χ1) is 9.70. The molecular weight excluding hydrogens is 256 g/mol. The van der Waals surface area contributed by atoms with Gasteiger partial charge in [0.2, 0.25) is 0 Å². The lowest BCUT2D eigenvalue weighted by Gasteiger charge is -2.06. The Balaban J connectivity index is 2.25. The zero-order chi connectivity index (χ0) is 14.4. The van der Waals surface area contributed by atoms with Crippen LogP contribution in [0.5, 0.6) is 0 Å². The minimum atomic E-state index is -0.599. The Morgan fingerprint density at radius 3 is 2.75 bits per heavy atom. The van der Waals surface area contributed by atoms with Crippen LogP contribution < -0.4 is 5.32 Å². The van der Waals surface area contributed by atoms with E-state index in [-0.39, 0.29) is 0 Å². The maximum atomic E-state index is 11.2. The van der Waals surface area contributed by atoms with E-state index >= 15 is 0 Å². The van der Waals surface area contributed by atoms with Crippen molar-refractivity contribution in [3.63, 3.8) is 0 Å². The fourth-order valence-corrected chi connectivity index (χ4v) is 1.68. The SMILES string of the molecule is CNC(=O)O/N=C(/Cc1nccn1C)c1ccccc1. The number of hydrogen-bond donors (Lipinski definition) is 1. The molecule has 0 fully saturated rings. The molecule has 20 heavy (non-hydrogen) atoms. The zero-order valence-corrected chi connectivity index (χ0v) is 11.4. The molecule has 0 aliphatic heterocycles. The van der Waals surface area contributed by atoms with E-state index in [4.69, 9.17) is 4.84 Å². The van der Waals surface area contributed by atoms with Crippen LogP contribution in [0, 0.1) is 0 Å². The lowest BCUT2D eigenvalue weighted by atomic mass is 10.1. The van der Waals surface area contributed by atoms with Crippen molar-refractivity contribution in [2.24, 2.45) is 12.2 Å². The van der Waals surface area contributed by atoms with E-state index in [1.807, 2.05) is 48.1 Å². The monoisotopic (exact) mass is 272 g/mol. The summed E-state index contributed by atoms with van der Waals surface area (Å²) >= 11 is 0. The van der Waals surface area contributed by atoms with Gasteiger partial charge in [0.1, 0.15) is 5.82 Å². The summed E-state index contributed by atoms with van der Waals surface area (Å²) in [5.74, 6) is 0.841. The van der Waals surface area contributed by atoms with E-state index in [0.717, 1.165) is 11.4 Å². The molecule has 0 saturated carbocycles. The van der Waals surface area contributed by atoms with Crippen LogP contribution in [0.1, 0.15) is 11.4 Å². The highest BCUT2D eigenvalue weighted by Gasteiger charge is 2.10. The molecule has 0 aliphatic rings. The molecule has 104 valence electrons. The third-order valence-corrected chi connectivity index (χ3v) is 2.80. The van der Waals surface area contributed by atoms with E-state index in [2.05, 4.69) is 15.5 Å². The second kappa shape index (κ2) is 6.51. The van der Waals surface area contributed by atoms with Crippen molar-refractivity contribution in [3.05, 3.63) is 54.1 Å². The second-order valence-corrected chi connectivity index (χ2v) is 4.16. The quantitative estimate of drug-likeness (QED) is 0.523. The van der Waals surface area contributed by atoms with Gasteiger partial charge < -0.3 is 9.88 Å². The summed E-state index contributed by atoms with van der Waals surface area (Å²) in [6.45, 7) is 0. The third kappa shape index (κ3) is 3.44. The lowest BCUT2D eigenvalue weighted by Crippen LogP contribution is -2.18. The van der Waals surface area contributed by atoms with E-state index in [9.17, 15) is 4.79 Å². The number of carbonyl (C=O) groups is 1. The van der Waals surface area contributed by atoms with Gasteiger partial charge in [0.05, 0.1) is 12.1 Å². The minimum absolute atomic E-state index is 0.477. The average Bonchev–Trinajstić information content (AvgIpc) is 2.89. The van der Waals surface area contributed by atoms with E-state index in [1.54, 1.807) is 6.20 Å². The number of imidazole rings is 1. The first kappa shape index (κ1) is 13.8. The van der Waals surface area contributed by atoms with Crippen molar-refractivity contribution in [1.82, 2.24) is 14.9 Å². The Labute approximate surface area is 117 Å². The van der Waals surface area contributed by atoms with Gasteiger partial charge in [-0.25, -0.2) is 9.78 Å². The molecule has 1 aromatic heterocycles. The van der Waals surface area contributed by atoms with E-state index in [1.165, 1.54) is 7.05 Å². The molecule has 1 heterocycles. The molecule has 1 amide bonds. The molecule has 0 atom stereocenters. The topological polar surface area (TPSA) is 68.5 Å². The zero-order valence-electron chi connectivity index (χ0n) is 11.4. The van der Waals surface area contributed by atoms with Crippen molar-refractivity contribution in [1.29, 1.82) is 0 Å². The first-order valence-corrected chi connectivity index (χ1v) is 6.18. The molecule has 0 unspecified atom stereocenters. The highest BCUT2D eigenvalue weighted by atomic mass is 16.7.